The molecule has 1 aromatic carbocycles. The lowest BCUT2D eigenvalue weighted by Crippen LogP contribution is -2.33. The van der Waals surface area contributed by atoms with Gasteiger partial charge in [0.15, 0.2) is 0 Å². The van der Waals surface area contributed by atoms with E-state index in [1.807, 2.05) is 0 Å². The second-order valence-corrected chi connectivity index (χ2v) is 6.53. The van der Waals surface area contributed by atoms with Crippen molar-refractivity contribution in [1.29, 1.82) is 0 Å². The molecular weight excluding hydrogens is 278 g/mol. The summed E-state index contributed by atoms with van der Waals surface area (Å²) < 4.78 is 28.7. The molecule has 1 saturated carbocycles. The monoisotopic (exact) mass is 297 g/mol. The Hall–Kier alpha value is -1.40. The molecule has 0 radical (unpaired) electrons. The summed E-state index contributed by atoms with van der Waals surface area (Å²) in [7, 11) is -3.72. The molecule has 20 heavy (non-hydrogen) atoms. The maximum absolute atomic E-state index is 11.8. The van der Waals surface area contributed by atoms with Crippen molar-refractivity contribution in [3.05, 3.63) is 35.9 Å². The number of carbonyl (C=O) groups excluding carboxylic acids is 1. The molecule has 1 N–H and O–H groups in total. The van der Waals surface area contributed by atoms with E-state index in [0.29, 0.717) is 5.56 Å². The first-order valence-electron chi connectivity index (χ1n) is 6.81. The Balaban J connectivity index is 1.84. The van der Waals surface area contributed by atoms with Gasteiger partial charge in [-0.05, 0) is 25.0 Å². The van der Waals surface area contributed by atoms with E-state index in [1.165, 1.54) is 0 Å². The average Bonchev–Trinajstić information content (AvgIpc) is 2.46. The first kappa shape index (κ1) is 15.0. The largest absolute Gasteiger partial charge is 0.336 e. The summed E-state index contributed by atoms with van der Waals surface area (Å²) in [6.45, 7) is 0. The van der Waals surface area contributed by atoms with Crippen LogP contribution < -0.4 is 5.32 Å². The second kappa shape index (κ2) is 6.85. The van der Waals surface area contributed by atoms with Crippen molar-refractivity contribution < 1.29 is 17.4 Å². The summed E-state index contributed by atoms with van der Waals surface area (Å²) >= 11 is 0. The zero-order valence-electron chi connectivity index (χ0n) is 11.2. The molecule has 0 heterocycles. The molecule has 0 aromatic heterocycles. The standard InChI is InChI=1S/C14H19NO4S/c16-14(12-7-3-1-4-8-12)15-11-20(17,18)19-13-9-5-2-6-10-13/h1,3-4,7-8,13H,2,5-6,9-11H2,(H,15,16). The van der Waals surface area contributed by atoms with Gasteiger partial charge in [0.2, 0.25) is 0 Å². The first-order valence-corrected chi connectivity index (χ1v) is 8.39. The summed E-state index contributed by atoms with van der Waals surface area (Å²) in [4.78, 5) is 11.8. The first-order chi connectivity index (χ1) is 9.57. The minimum absolute atomic E-state index is 0.234. The summed E-state index contributed by atoms with van der Waals surface area (Å²) in [6.07, 6.45) is 4.43. The normalized spacial score (nSPS) is 16.8. The third-order valence-electron chi connectivity index (χ3n) is 3.28. The maximum atomic E-state index is 11.8. The predicted molar refractivity (Wildman–Crippen MR) is 75.7 cm³/mol. The Labute approximate surface area is 119 Å². The molecule has 5 nitrogen and oxygen atoms in total. The van der Waals surface area contributed by atoms with Gasteiger partial charge < -0.3 is 5.32 Å². The molecule has 0 atom stereocenters. The van der Waals surface area contributed by atoms with Crippen LogP contribution in [0.3, 0.4) is 0 Å². The Morgan fingerprint density at radius 1 is 1.15 bits per heavy atom. The van der Waals surface area contributed by atoms with Crippen LogP contribution in [-0.4, -0.2) is 26.3 Å². The van der Waals surface area contributed by atoms with E-state index in [0.717, 1.165) is 32.1 Å². The van der Waals surface area contributed by atoms with Crippen LogP contribution in [0.25, 0.3) is 0 Å². The van der Waals surface area contributed by atoms with Crippen molar-refractivity contribution in [1.82, 2.24) is 5.32 Å². The van der Waals surface area contributed by atoms with Crippen LogP contribution in [0, 0.1) is 0 Å². The molecule has 6 heteroatoms. The Morgan fingerprint density at radius 3 is 2.45 bits per heavy atom. The highest BCUT2D eigenvalue weighted by Gasteiger charge is 2.22. The highest BCUT2D eigenvalue weighted by Crippen LogP contribution is 2.21. The highest BCUT2D eigenvalue weighted by atomic mass is 32.2. The molecule has 1 fully saturated rings. The maximum Gasteiger partial charge on any atom is 0.285 e. The quantitative estimate of drug-likeness (QED) is 0.844. The smallest absolute Gasteiger partial charge is 0.285 e. The summed E-state index contributed by atoms with van der Waals surface area (Å²) in [5.74, 6) is -0.904. The van der Waals surface area contributed by atoms with Crippen molar-refractivity contribution in [3.8, 4) is 0 Å². The Bertz CT molecular complexity index is 536. The third-order valence-corrected chi connectivity index (χ3v) is 4.34. The fraction of sp³-hybridized carbons (Fsp3) is 0.500. The van der Waals surface area contributed by atoms with Gasteiger partial charge in [0.1, 0.15) is 5.88 Å². The van der Waals surface area contributed by atoms with Gasteiger partial charge >= 0.3 is 0 Å². The van der Waals surface area contributed by atoms with Crippen LogP contribution in [0.4, 0.5) is 0 Å². The van der Waals surface area contributed by atoms with E-state index in [2.05, 4.69) is 5.32 Å². The topological polar surface area (TPSA) is 72.5 Å². The molecule has 1 aliphatic rings. The molecule has 0 spiro atoms. The van der Waals surface area contributed by atoms with Gasteiger partial charge in [0, 0.05) is 5.56 Å². The number of hydrogen-bond donors (Lipinski definition) is 1. The van der Waals surface area contributed by atoms with Crippen LogP contribution >= 0.6 is 0 Å². The van der Waals surface area contributed by atoms with Gasteiger partial charge in [0.05, 0.1) is 6.10 Å². The second-order valence-electron chi connectivity index (χ2n) is 4.93. The zero-order valence-corrected chi connectivity index (χ0v) is 12.1. The predicted octanol–water partition coefficient (Wildman–Crippen LogP) is 2.05. The van der Waals surface area contributed by atoms with Crippen molar-refractivity contribution in [2.24, 2.45) is 0 Å². The molecule has 0 saturated heterocycles. The van der Waals surface area contributed by atoms with Crippen molar-refractivity contribution in [2.75, 3.05) is 5.88 Å². The number of hydrogen-bond acceptors (Lipinski definition) is 4. The van der Waals surface area contributed by atoms with E-state index >= 15 is 0 Å². The lowest BCUT2D eigenvalue weighted by atomic mass is 9.98. The number of nitrogens with one attached hydrogen (secondary N) is 1. The zero-order chi connectivity index (χ0) is 14.4. The summed E-state index contributed by atoms with van der Waals surface area (Å²) in [5.41, 5.74) is 0.431. The molecule has 2 rings (SSSR count). The van der Waals surface area contributed by atoms with E-state index in [9.17, 15) is 13.2 Å². The van der Waals surface area contributed by atoms with E-state index < -0.39 is 21.9 Å². The van der Waals surface area contributed by atoms with Gasteiger partial charge in [0.25, 0.3) is 16.0 Å². The molecule has 0 unspecified atom stereocenters. The van der Waals surface area contributed by atoms with Crippen LogP contribution in [0.5, 0.6) is 0 Å². The molecule has 0 bridgehead atoms. The van der Waals surface area contributed by atoms with Gasteiger partial charge in [-0.2, -0.15) is 8.42 Å². The average molecular weight is 297 g/mol. The minimum atomic E-state index is -3.72. The van der Waals surface area contributed by atoms with E-state index in [1.54, 1.807) is 30.3 Å². The van der Waals surface area contributed by atoms with Gasteiger partial charge in [-0.15, -0.1) is 0 Å². The van der Waals surface area contributed by atoms with Crippen molar-refractivity contribution in [2.45, 2.75) is 38.2 Å². The van der Waals surface area contributed by atoms with Crippen molar-refractivity contribution in [3.63, 3.8) is 0 Å². The van der Waals surface area contributed by atoms with Crippen molar-refractivity contribution >= 4 is 16.0 Å². The summed E-state index contributed by atoms with van der Waals surface area (Å²) in [6, 6.07) is 8.50. The minimum Gasteiger partial charge on any atom is -0.336 e. The van der Waals surface area contributed by atoms with Gasteiger partial charge in [-0.1, -0.05) is 37.5 Å². The number of rotatable bonds is 5. The highest BCUT2D eigenvalue weighted by molar-refractivity contribution is 7.86. The van der Waals surface area contributed by atoms with E-state index in [4.69, 9.17) is 4.18 Å². The summed E-state index contributed by atoms with van der Waals surface area (Å²) in [5, 5.41) is 2.38. The molecule has 1 aromatic rings. The molecule has 0 aliphatic heterocycles. The molecular formula is C14H19NO4S. The third kappa shape index (κ3) is 4.61. The molecule has 1 amide bonds. The van der Waals surface area contributed by atoms with E-state index in [-0.39, 0.29) is 6.10 Å². The van der Waals surface area contributed by atoms with Gasteiger partial charge in [-0.3, -0.25) is 8.98 Å². The number of amides is 1. The Morgan fingerprint density at radius 2 is 1.80 bits per heavy atom. The SMILES string of the molecule is O=C(NCS(=O)(=O)OC1CCCCC1)c1ccccc1. The van der Waals surface area contributed by atoms with Crippen LogP contribution in [0.15, 0.2) is 30.3 Å². The van der Waals surface area contributed by atoms with Crippen LogP contribution in [0.1, 0.15) is 42.5 Å². The number of benzene rings is 1. The molecule has 110 valence electrons. The number of carbonyl (C=O) groups is 1. The van der Waals surface area contributed by atoms with Crippen LogP contribution in [0.2, 0.25) is 0 Å². The lowest BCUT2D eigenvalue weighted by Gasteiger charge is -2.21. The Kier molecular flexibility index (Phi) is 5.14. The fourth-order valence-electron chi connectivity index (χ4n) is 2.25. The van der Waals surface area contributed by atoms with Crippen LogP contribution in [-0.2, 0) is 14.3 Å². The van der Waals surface area contributed by atoms with Gasteiger partial charge in [-0.25, -0.2) is 0 Å². The fourth-order valence-corrected chi connectivity index (χ4v) is 3.23. The lowest BCUT2D eigenvalue weighted by molar-refractivity contribution is 0.0955. The molecule has 1 aliphatic carbocycles.